The van der Waals surface area contributed by atoms with E-state index in [1.165, 1.54) is 27.7 Å². The molecule has 1 aromatic heterocycles. The smallest absolute Gasteiger partial charge is 0.0488 e. The van der Waals surface area contributed by atoms with Crippen LogP contribution in [0.2, 0.25) is 0 Å². The molecule has 0 atom stereocenters. The zero-order chi connectivity index (χ0) is 15.3. The molecule has 0 spiro atoms. The number of hydrogen-bond donors (Lipinski definition) is 1. The molecule has 4 rings (SSSR count). The number of fused-ring (bicyclic) bond motifs is 2. The molecule has 0 radical (unpaired) electrons. The average molecular weight is 289 g/mol. The summed E-state index contributed by atoms with van der Waals surface area (Å²) in [5.41, 5.74) is 7.22. The summed E-state index contributed by atoms with van der Waals surface area (Å²) in [7, 11) is 4.02. The molecule has 2 aromatic carbocycles. The van der Waals surface area contributed by atoms with Gasteiger partial charge in [0.2, 0.25) is 0 Å². The van der Waals surface area contributed by atoms with Gasteiger partial charge < -0.3 is 14.8 Å². The molecule has 0 saturated heterocycles. The van der Waals surface area contributed by atoms with Gasteiger partial charge in [0, 0.05) is 60.4 Å². The van der Waals surface area contributed by atoms with Crippen LogP contribution < -0.4 is 10.2 Å². The lowest BCUT2D eigenvalue weighted by Gasteiger charge is -2.19. The van der Waals surface area contributed by atoms with Crippen LogP contribution in [-0.2, 0) is 13.6 Å². The van der Waals surface area contributed by atoms with Gasteiger partial charge in [-0.15, -0.1) is 0 Å². The van der Waals surface area contributed by atoms with Crippen molar-refractivity contribution in [1.29, 1.82) is 0 Å². The molecule has 0 saturated carbocycles. The van der Waals surface area contributed by atoms with Crippen LogP contribution in [-0.4, -0.2) is 11.6 Å². The quantitative estimate of drug-likeness (QED) is 0.762. The summed E-state index contributed by atoms with van der Waals surface area (Å²) in [5.74, 6) is 0. The highest BCUT2D eigenvalue weighted by atomic mass is 15.2. The third kappa shape index (κ3) is 1.82. The summed E-state index contributed by atoms with van der Waals surface area (Å²) in [6, 6.07) is 15.2. The van der Waals surface area contributed by atoms with Gasteiger partial charge >= 0.3 is 0 Å². The second-order valence-electron chi connectivity index (χ2n) is 5.82. The number of nitrogens with one attached hydrogen (secondary N) is 1. The maximum absolute atomic E-state index is 4.31. The van der Waals surface area contributed by atoms with Gasteiger partial charge in [-0.2, -0.15) is 0 Å². The minimum Gasteiger partial charge on any atom is -0.388 e. The van der Waals surface area contributed by atoms with Crippen molar-refractivity contribution in [1.82, 2.24) is 4.57 Å². The molecule has 3 nitrogen and oxygen atoms in total. The maximum atomic E-state index is 4.31. The van der Waals surface area contributed by atoms with Crippen molar-refractivity contribution in [3.63, 3.8) is 0 Å². The summed E-state index contributed by atoms with van der Waals surface area (Å²) < 4.78 is 2.14. The second-order valence-corrected chi connectivity index (χ2v) is 5.82. The Morgan fingerprint density at radius 2 is 1.95 bits per heavy atom. The van der Waals surface area contributed by atoms with E-state index in [-0.39, 0.29) is 0 Å². The van der Waals surface area contributed by atoms with Crippen LogP contribution in [0, 0.1) is 0 Å². The molecule has 0 fully saturated rings. The number of nitrogens with zero attached hydrogens (tertiary/aromatic N) is 2. The molecule has 110 valence electrons. The molecule has 2 heterocycles. The normalized spacial score (nSPS) is 13.7. The number of aryl methyl sites for hydroxylation is 1. The predicted molar refractivity (Wildman–Crippen MR) is 94.1 cm³/mol. The minimum atomic E-state index is 0.885. The molecule has 1 aliphatic heterocycles. The van der Waals surface area contributed by atoms with Gasteiger partial charge in [0.15, 0.2) is 0 Å². The molecule has 1 N–H and O–H groups in total. The van der Waals surface area contributed by atoms with E-state index in [0.29, 0.717) is 0 Å². The highest BCUT2D eigenvalue weighted by Crippen LogP contribution is 2.37. The van der Waals surface area contributed by atoms with E-state index in [0.717, 1.165) is 17.9 Å². The van der Waals surface area contributed by atoms with Crippen LogP contribution >= 0.6 is 0 Å². The summed E-state index contributed by atoms with van der Waals surface area (Å²) in [6.45, 7) is 5.19. The topological polar surface area (TPSA) is 20.2 Å². The first-order chi connectivity index (χ1) is 10.7. The van der Waals surface area contributed by atoms with Gasteiger partial charge in [0.25, 0.3) is 0 Å². The lowest BCUT2D eigenvalue weighted by atomic mass is 10.1. The van der Waals surface area contributed by atoms with Gasteiger partial charge in [-0.05, 0) is 42.0 Å². The first-order valence-electron chi connectivity index (χ1n) is 7.50. The molecule has 0 bridgehead atoms. The average Bonchev–Trinajstić information content (AvgIpc) is 3.08. The van der Waals surface area contributed by atoms with Crippen LogP contribution in [0.3, 0.4) is 0 Å². The van der Waals surface area contributed by atoms with Crippen molar-refractivity contribution >= 4 is 28.0 Å². The minimum absolute atomic E-state index is 0.885. The van der Waals surface area contributed by atoms with Crippen molar-refractivity contribution in [3.8, 4) is 0 Å². The third-order valence-corrected chi connectivity index (χ3v) is 4.54. The summed E-state index contributed by atoms with van der Waals surface area (Å²) in [4.78, 5) is 2.29. The largest absolute Gasteiger partial charge is 0.388 e. The van der Waals surface area contributed by atoms with E-state index in [1.54, 1.807) is 0 Å². The molecular formula is C19H19N3. The van der Waals surface area contributed by atoms with Crippen LogP contribution in [0.5, 0.6) is 0 Å². The molecular weight excluding hydrogens is 270 g/mol. The standard InChI is InChI=1S/C19H19N3/c1-13-18-11-16(20-2)5-4-15(18)12-22(13)17-6-7-19-14(10-17)8-9-21(19)3/h4-11,20H,1,12H2,2-3H3. The van der Waals surface area contributed by atoms with Crippen LogP contribution in [0.25, 0.3) is 16.6 Å². The Kier molecular flexibility index (Phi) is 2.76. The molecule has 3 aromatic rings. The Labute approximate surface area is 130 Å². The molecule has 22 heavy (non-hydrogen) atoms. The highest BCUT2D eigenvalue weighted by Gasteiger charge is 2.23. The Bertz CT molecular complexity index is 889. The van der Waals surface area contributed by atoms with E-state index < -0.39 is 0 Å². The van der Waals surface area contributed by atoms with E-state index in [1.807, 2.05) is 7.05 Å². The maximum Gasteiger partial charge on any atom is 0.0488 e. The fraction of sp³-hybridized carbons (Fsp3) is 0.158. The van der Waals surface area contributed by atoms with Crippen molar-refractivity contribution in [2.45, 2.75) is 6.54 Å². The van der Waals surface area contributed by atoms with Crippen LogP contribution in [0.15, 0.2) is 55.2 Å². The predicted octanol–water partition coefficient (Wildman–Crippen LogP) is 4.21. The zero-order valence-electron chi connectivity index (χ0n) is 12.9. The number of rotatable bonds is 2. The molecule has 0 aliphatic carbocycles. The van der Waals surface area contributed by atoms with Crippen molar-refractivity contribution in [2.24, 2.45) is 7.05 Å². The lowest BCUT2D eigenvalue weighted by Crippen LogP contribution is -2.12. The van der Waals surface area contributed by atoms with Gasteiger partial charge in [0.05, 0.1) is 0 Å². The summed E-state index contributed by atoms with van der Waals surface area (Å²) >= 11 is 0. The molecule has 0 amide bonds. The van der Waals surface area contributed by atoms with E-state index in [9.17, 15) is 0 Å². The number of hydrogen-bond acceptors (Lipinski definition) is 2. The first kappa shape index (κ1) is 13.0. The second kappa shape index (κ2) is 4.67. The monoisotopic (exact) mass is 289 g/mol. The summed E-state index contributed by atoms with van der Waals surface area (Å²) in [5, 5.41) is 4.46. The third-order valence-electron chi connectivity index (χ3n) is 4.54. The van der Waals surface area contributed by atoms with E-state index in [4.69, 9.17) is 0 Å². The number of aromatic nitrogens is 1. The first-order valence-corrected chi connectivity index (χ1v) is 7.50. The Balaban J connectivity index is 1.75. The van der Waals surface area contributed by atoms with E-state index in [2.05, 4.69) is 77.1 Å². The molecule has 3 heteroatoms. The van der Waals surface area contributed by atoms with Crippen molar-refractivity contribution < 1.29 is 0 Å². The van der Waals surface area contributed by atoms with E-state index >= 15 is 0 Å². The van der Waals surface area contributed by atoms with Crippen LogP contribution in [0.4, 0.5) is 11.4 Å². The molecule has 1 aliphatic rings. The summed E-state index contributed by atoms with van der Waals surface area (Å²) in [6.07, 6.45) is 2.10. The SMILES string of the molecule is C=C1c2cc(NC)ccc2CN1c1ccc2c(ccn2C)c1. The highest BCUT2D eigenvalue weighted by molar-refractivity contribution is 5.90. The van der Waals surface area contributed by atoms with Gasteiger partial charge in [-0.25, -0.2) is 0 Å². The Morgan fingerprint density at radius 3 is 2.77 bits per heavy atom. The van der Waals surface area contributed by atoms with Crippen LogP contribution in [0.1, 0.15) is 11.1 Å². The fourth-order valence-corrected chi connectivity index (χ4v) is 3.23. The Hall–Kier alpha value is -2.68. The molecule has 0 unspecified atom stereocenters. The number of benzene rings is 2. The zero-order valence-corrected chi connectivity index (χ0v) is 12.9. The number of anilines is 2. The van der Waals surface area contributed by atoms with Gasteiger partial charge in [-0.3, -0.25) is 0 Å². The van der Waals surface area contributed by atoms with Crippen molar-refractivity contribution in [3.05, 3.63) is 66.4 Å². The lowest BCUT2D eigenvalue weighted by molar-refractivity contribution is 0.968. The van der Waals surface area contributed by atoms with Gasteiger partial charge in [-0.1, -0.05) is 12.6 Å². The van der Waals surface area contributed by atoms with Gasteiger partial charge in [0.1, 0.15) is 0 Å². The van der Waals surface area contributed by atoms with Crippen molar-refractivity contribution in [2.75, 3.05) is 17.3 Å². The fourth-order valence-electron chi connectivity index (χ4n) is 3.23. The Morgan fingerprint density at radius 1 is 1.09 bits per heavy atom.